The molecule has 3 aromatic rings. The van der Waals surface area contributed by atoms with Gasteiger partial charge in [0.05, 0.1) is 0 Å². The molecule has 1 saturated heterocycles. The van der Waals surface area contributed by atoms with Crippen LogP contribution in [0.3, 0.4) is 0 Å². The van der Waals surface area contributed by atoms with E-state index in [1.54, 1.807) is 6.07 Å². The Hall–Kier alpha value is -2.37. The fourth-order valence-electron chi connectivity index (χ4n) is 3.25. The maximum Gasteiger partial charge on any atom is 0.324 e. The summed E-state index contributed by atoms with van der Waals surface area (Å²) in [4.78, 5) is 9.59. The van der Waals surface area contributed by atoms with Crippen molar-refractivity contribution < 1.29 is 8.91 Å². The van der Waals surface area contributed by atoms with Crippen LogP contribution in [0.5, 0.6) is 0 Å². The van der Waals surface area contributed by atoms with E-state index < -0.39 is 0 Å². The van der Waals surface area contributed by atoms with Crippen LogP contribution in [-0.4, -0.2) is 28.2 Å². The molecule has 114 valence electrons. The van der Waals surface area contributed by atoms with E-state index in [0.717, 1.165) is 36.8 Å². The minimum absolute atomic E-state index is 0.206. The second-order valence-electron chi connectivity index (χ2n) is 5.82. The van der Waals surface area contributed by atoms with Crippen molar-refractivity contribution in [3.05, 3.63) is 41.6 Å². The maximum absolute atomic E-state index is 13.3. The summed E-state index contributed by atoms with van der Waals surface area (Å²) in [6.07, 6.45) is 4.05. The number of hydrogen-bond acceptors (Lipinski definition) is 4. The van der Waals surface area contributed by atoms with Gasteiger partial charge in [-0.3, -0.25) is 0 Å². The van der Waals surface area contributed by atoms with Gasteiger partial charge in [0.1, 0.15) is 5.82 Å². The summed E-state index contributed by atoms with van der Waals surface area (Å²) in [5, 5.41) is 4.96. The number of hydrogen-bond donors (Lipinski definition) is 1. The van der Waals surface area contributed by atoms with Crippen LogP contribution >= 0.6 is 0 Å². The third kappa shape index (κ3) is 2.24. The first-order valence-electron chi connectivity index (χ1n) is 7.52. The molecule has 0 aliphatic carbocycles. The van der Waals surface area contributed by atoms with Gasteiger partial charge in [-0.25, -0.2) is 4.39 Å². The van der Waals surface area contributed by atoms with E-state index in [2.05, 4.69) is 20.0 Å². The van der Waals surface area contributed by atoms with E-state index in [4.69, 9.17) is 4.52 Å². The molecule has 0 amide bonds. The number of piperidine rings is 1. The zero-order valence-electron chi connectivity index (χ0n) is 12.3. The van der Waals surface area contributed by atoms with E-state index in [9.17, 15) is 4.39 Å². The van der Waals surface area contributed by atoms with Crippen molar-refractivity contribution >= 4 is 16.9 Å². The molecule has 3 heterocycles. The largest absolute Gasteiger partial charge is 0.361 e. The molecule has 6 heteroatoms. The van der Waals surface area contributed by atoms with Crippen molar-refractivity contribution in [3.63, 3.8) is 0 Å². The Morgan fingerprint density at radius 3 is 2.86 bits per heavy atom. The van der Waals surface area contributed by atoms with Crippen LogP contribution in [0.4, 0.5) is 10.4 Å². The minimum Gasteiger partial charge on any atom is -0.361 e. The second-order valence-corrected chi connectivity index (χ2v) is 5.82. The van der Waals surface area contributed by atoms with E-state index in [-0.39, 0.29) is 5.82 Å². The first kappa shape index (κ1) is 13.3. The van der Waals surface area contributed by atoms with Gasteiger partial charge in [0.15, 0.2) is 5.82 Å². The maximum atomic E-state index is 13.3. The molecule has 0 unspecified atom stereocenters. The Labute approximate surface area is 127 Å². The van der Waals surface area contributed by atoms with Crippen LogP contribution < -0.4 is 4.90 Å². The smallest absolute Gasteiger partial charge is 0.324 e. The topological polar surface area (TPSA) is 58.0 Å². The lowest BCUT2D eigenvalue weighted by Crippen LogP contribution is -2.33. The first-order valence-corrected chi connectivity index (χ1v) is 7.52. The van der Waals surface area contributed by atoms with Gasteiger partial charge in [-0.15, -0.1) is 0 Å². The Kier molecular flexibility index (Phi) is 3.10. The van der Waals surface area contributed by atoms with Crippen LogP contribution in [0.25, 0.3) is 10.9 Å². The number of fused-ring (bicyclic) bond motifs is 1. The van der Waals surface area contributed by atoms with E-state index in [1.807, 2.05) is 19.2 Å². The number of aromatic amines is 1. The number of benzene rings is 1. The van der Waals surface area contributed by atoms with Gasteiger partial charge in [-0.2, -0.15) is 4.98 Å². The number of H-pyrrole nitrogens is 1. The van der Waals surface area contributed by atoms with Gasteiger partial charge in [0.2, 0.25) is 0 Å². The molecule has 5 nitrogen and oxygen atoms in total. The summed E-state index contributed by atoms with van der Waals surface area (Å²) in [7, 11) is 0. The Morgan fingerprint density at radius 2 is 2.14 bits per heavy atom. The molecule has 1 fully saturated rings. The number of rotatable bonds is 2. The first-order chi connectivity index (χ1) is 10.7. The number of halogens is 1. The van der Waals surface area contributed by atoms with Gasteiger partial charge in [-0.1, -0.05) is 5.16 Å². The normalized spacial score (nSPS) is 16.5. The highest BCUT2D eigenvalue weighted by Crippen LogP contribution is 2.34. The third-order valence-electron chi connectivity index (χ3n) is 4.40. The monoisotopic (exact) mass is 300 g/mol. The fourth-order valence-corrected chi connectivity index (χ4v) is 3.25. The zero-order valence-corrected chi connectivity index (χ0v) is 12.3. The lowest BCUT2D eigenvalue weighted by atomic mass is 9.89. The van der Waals surface area contributed by atoms with Crippen molar-refractivity contribution in [1.29, 1.82) is 0 Å². The molecule has 22 heavy (non-hydrogen) atoms. The number of nitrogens with zero attached hydrogens (tertiary/aromatic N) is 3. The van der Waals surface area contributed by atoms with Crippen molar-refractivity contribution in [2.45, 2.75) is 25.7 Å². The molecule has 1 aliphatic rings. The molecule has 0 atom stereocenters. The molecule has 1 aliphatic heterocycles. The third-order valence-corrected chi connectivity index (χ3v) is 4.40. The molecular formula is C16H17FN4O. The van der Waals surface area contributed by atoms with Crippen molar-refractivity contribution in [1.82, 2.24) is 15.1 Å². The van der Waals surface area contributed by atoms with Crippen molar-refractivity contribution in [2.75, 3.05) is 18.0 Å². The van der Waals surface area contributed by atoms with Crippen LogP contribution in [-0.2, 0) is 0 Å². The van der Waals surface area contributed by atoms with Gasteiger partial charge in [-0.05, 0) is 49.4 Å². The highest BCUT2D eigenvalue weighted by molar-refractivity contribution is 5.83. The summed E-state index contributed by atoms with van der Waals surface area (Å²) < 4.78 is 18.5. The highest BCUT2D eigenvalue weighted by atomic mass is 19.1. The van der Waals surface area contributed by atoms with Gasteiger partial charge in [0, 0.05) is 30.2 Å². The number of aryl methyl sites for hydroxylation is 1. The molecule has 4 rings (SSSR count). The second kappa shape index (κ2) is 5.12. The van der Waals surface area contributed by atoms with Gasteiger partial charge in [0.25, 0.3) is 0 Å². The Bertz CT molecular complexity index is 801. The number of aromatic nitrogens is 3. The van der Waals surface area contributed by atoms with Gasteiger partial charge < -0.3 is 14.4 Å². The molecule has 1 N–H and O–H groups in total. The molecule has 0 bridgehead atoms. The molecule has 1 aromatic carbocycles. The number of anilines is 1. The highest BCUT2D eigenvalue weighted by Gasteiger charge is 2.25. The standard InChI is InChI=1S/C16H17FN4O/c1-10-19-16(22-20-10)21-6-4-11(5-7-21)14-9-18-15-8-12(17)2-3-13(14)15/h2-3,8-9,11,18H,4-7H2,1H3. The molecule has 0 radical (unpaired) electrons. The minimum atomic E-state index is -0.206. The van der Waals surface area contributed by atoms with E-state index in [0.29, 0.717) is 17.8 Å². The SMILES string of the molecule is Cc1noc(N2CCC(c3c[nH]c4cc(F)ccc34)CC2)n1. The van der Waals surface area contributed by atoms with Crippen LogP contribution in [0.1, 0.15) is 30.1 Å². The molecule has 0 spiro atoms. The molecule has 0 saturated carbocycles. The summed E-state index contributed by atoms with van der Waals surface area (Å²) in [5.41, 5.74) is 2.14. The Balaban J connectivity index is 1.53. The Morgan fingerprint density at radius 1 is 1.32 bits per heavy atom. The quantitative estimate of drug-likeness (QED) is 0.788. The van der Waals surface area contributed by atoms with Crippen LogP contribution in [0.15, 0.2) is 28.9 Å². The lowest BCUT2D eigenvalue weighted by molar-refractivity contribution is 0.391. The summed E-state index contributed by atoms with van der Waals surface area (Å²) >= 11 is 0. The zero-order chi connectivity index (χ0) is 15.1. The molecule has 2 aromatic heterocycles. The van der Waals surface area contributed by atoms with Crippen molar-refractivity contribution in [3.8, 4) is 0 Å². The van der Waals surface area contributed by atoms with Gasteiger partial charge >= 0.3 is 6.01 Å². The summed E-state index contributed by atoms with van der Waals surface area (Å²) in [5.74, 6) is 0.928. The summed E-state index contributed by atoms with van der Waals surface area (Å²) in [6.45, 7) is 3.60. The lowest BCUT2D eigenvalue weighted by Gasteiger charge is -2.30. The average Bonchev–Trinajstić information content (AvgIpc) is 3.13. The fraction of sp³-hybridized carbons (Fsp3) is 0.375. The number of nitrogens with one attached hydrogen (secondary N) is 1. The van der Waals surface area contributed by atoms with E-state index >= 15 is 0 Å². The van der Waals surface area contributed by atoms with Crippen LogP contribution in [0.2, 0.25) is 0 Å². The van der Waals surface area contributed by atoms with E-state index in [1.165, 1.54) is 11.6 Å². The predicted octanol–water partition coefficient (Wildman–Crippen LogP) is 3.38. The van der Waals surface area contributed by atoms with Crippen molar-refractivity contribution in [2.24, 2.45) is 0 Å². The average molecular weight is 300 g/mol. The predicted molar refractivity (Wildman–Crippen MR) is 81.5 cm³/mol. The summed E-state index contributed by atoms with van der Waals surface area (Å²) in [6, 6.07) is 5.55. The molecular weight excluding hydrogens is 283 g/mol. The van der Waals surface area contributed by atoms with Crippen LogP contribution in [0, 0.1) is 12.7 Å².